The summed E-state index contributed by atoms with van der Waals surface area (Å²) in [5, 5.41) is 0. The van der Waals surface area contributed by atoms with Crippen LogP contribution in [0.5, 0.6) is 0 Å². The van der Waals surface area contributed by atoms with Crippen LogP contribution < -0.4 is 5.48 Å². The predicted molar refractivity (Wildman–Crippen MR) is 43.6 cm³/mol. The molecule has 0 saturated heterocycles. The van der Waals surface area contributed by atoms with Gasteiger partial charge in [0.05, 0.1) is 0 Å². The van der Waals surface area contributed by atoms with Crippen LogP contribution in [-0.4, -0.2) is 18.2 Å². The first-order valence-electron chi connectivity index (χ1n) is 3.23. The molecule has 5 nitrogen and oxygen atoms in total. The molecule has 66 valence electrons. The molecule has 0 aliphatic rings. The van der Waals surface area contributed by atoms with Gasteiger partial charge in [-0.05, 0) is 13.8 Å². The summed E-state index contributed by atoms with van der Waals surface area (Å²) in [6.07, 6.45) is 1.28. The number of carbonyl (C=O) groups is 2. The van der Waals surface area contributed by atoms with E-state index in [1.165, 1.54) is 13.1 Å². The first-order valence-corrected chi connectivity index (χ1v) is 3.23. The van der Waals surface area contributed by atoms with Crippen LogP contribution in [0.1, 0.15) is 13.8 Å². The summed E-state index contributed by atoms with van der Waals surface area (Å²) in [5.41, 5.74) is 2.02. The van der Waals surface area contributed by atoms with Crippen LogP contribution in [0.15, 0.2) is 17.1 Å². The first kappa shape index (κ1) is 10.3. The van der Waals surface area contributed by atoms with Gasteiger partial charge in [0, 0.05) is 11.8 Å². The largest absolute Gasteiger partial charge is 0.373 e. The van der Waals surface area contributed by atoms with Gasteiger partial charge in [0.1, 0.15) is 0 Å². The van der Waals surface area contributed by atoms with Crippen molar-refractivity contribution < 1.29 is 14.4 Å². The summed E-state index contributed by atoms with van der Waals surface area (Å²) >= 11 is 0. The molecule has 0 rings (SSSR count). The molecule has 0 radical (unpaired) electrons. The van der Waals surface area contributed by atoms with Gasteiger partial charge in [-0.15, -0.1) is 0 Å². The molecule has 0 aliphatic heterocycles. The zero-order valence-electron chi connectivity index (χ0n) is 6.96. The van der Waals surface area contributed by atoms with Crippen molar-refractivity contribution in [2.45, 2.75) is 13.8 Å². The third-order valence-electron chi connectivity index (χ3n) is 0.826. The Morgan fingerprint density at radius 2 is 2.17 bits per heavy atom. The lowest BCUT2D eigenvalue weighted by atomic mass is 10.4. The minimum absolute atomic E-state index is 0.204. The normalized spacial score (nSPS) is 9.50. The average molecular weight is 170 g/mol. The van der Waals surface area contributed by atoms with Crippen LogP contribution >= 0.6 is 0 Å². The number of hydroxylamine groups is 1. The Balaban J connectivity index is 3.76. The van der Waals surface area contributed by atoms with Crippen LogP contribution in [0.2, 0.25) is 0 Å². The summed E-state index contributed by atoms with van der Waals surface area (Å²) in [6.45, 7) is 6.35. The smallest absolute Gasteiger partial charge is 0.334 e. The number of urea groups is 1. The lowest BCUT2D eigenvalue weighted by molar-refractivity contribution is -0.143. The number of nitrogens with zero attached hydrogens (tertiary/aromatic N) is 1. The first-order chi connectivity index (χ1) is 5.57. The van der Waals surface area contributed by atoms with Gasteiger partial charge in [-0.3, -0.25) is 0 Å². The van der Waals surface area contributed by atoms with Crippen molar-refractivity contribution in [3.63, 3.8) is 0 Å². The number of nitrogens with one attached hydrogen (secondary N) is 1. The van der Waals surface area contributed by atoms with Gasteiger partial charge in [-0.1, -0.05) is 6.58 Å². The van der Waals surface area contributed by atoms with Crippen molar-refractivity contribution in [2.24, 2.45) is 4.99 Å². The number of hydrogen-bond donors (Lipinski definition) is 1. The lowest BCUT2D eigenvalue weighted by Crippen LogP contribution is -2.24. The van der Waals surface area contributed by atoms with Crippen molar-refractivity contribution in [1.29, 1.82) is 0 Å². The topological polar surface area (TPSA) is 67.8 Å². The maximum absolute atomic E-state index is 10.7. The fraction of sp³-hybridized carbons (Fsp3) is 0.286. The highest BCUT2D eigenvalue weighted by atomic mass is 16.7. The molecule has 5 heteroatoms. The van der Waals surface area contributed by atoms with Crippen LogP contribution in [0.4, 0.5) is 4.79 Å². The minimum atomic E-state index is -0.730. The Bertz CT molecular complexity index is 233. The molecule has 0 spiro atoms. The number of amides is 2. The number of carbonyl (C=O) groups excluding carboxylic acids is 2. The Labute approximate surface area is 70.1 Å². The van der Waals surface area contributed by atoms with Crippen LogP contribution in [-0.2, 0) is 9.63 Å². The lowest BCUT2D eigenvalue weighted by Gasteiger charge is -2.00. The zero-order valence-corrected chi connectivity index (χ0v) is 6.96. The van der Waals surface area contributed by atoms with Gasteiger partial charge in [-0.2, -0.15) is 5.48 Å². The third kappa shape index (κ3) is 4.21. The molecule has 0 fully saturated rings. The van der Waals surface area contributed by atoms with E-state index in [0.29, 0.717) is 0 Å². The fourth-order valence-electron chi connectivity index (χ4n) is 0.321. The van der Waals surface area contributed by atoms with Crippen molar-refractivity contribution in [3.8, 4) is 0 Å². The molecular formula is C7H10N2O3. The molecule has 0 saturated carbocycles. The summed E-state index contributed by atoms with van der Waals surface area (Å²) in [5.74, 6) is -0.686. The second-order valence-electron chi connectivity index (χ2n) is 1.96. The van der Waals surface area contributed by atoms with E-state index in [4.69, 9.17) is 0 Å². The van der Waals surface area contributed by atoms with Crippen molar-refractivity contribution in [1.82, 2.24) is 5.48 Å². The highest BCUT2D eigenvalue weighted by molar-refractivity contribution is 5.89. The van der Waals surface area contributed by atoms with Gasteiger partial charge in [0.25, 0.3) is 0 Å². The fourth-order valence-corrected chi connectivity index (χ4v) is 0.321. The third-order valence-corrected chi connectivity index (χ3v) is 0.826. The van der Waals surface area contributed by atoms with Crippen LogP contribution in [0, 0.1) is 0 Å². The van der Waals surface area contributed by atoms with E-state index in [9.17, 15) is 9.59 Å². The molecule has 0 bridgehead atoms. The summed E-state index contributed by atoms with van der Waals surface area (Å²) in [7, 11) is 0. The zero-order chi connectivity index (χ0) is 9.56. The highest BCUT2D eigenvalue weighted by Crippen LogP contribution is 1.88. The summed E-state index contributed by atoms with van der Waals surface area (Å²) in [6, 6.07) is -0.730. The minimum Gasteiger partial charge on any atom is -0.334 e. The van der Waals surface area contributed by atoms with Gasteiger partial charge < -0.3 is 4.84 Å². The van der Waals surface area contributed by atoms with E-state index in [2.05, 4.69) is 16.4 Å². The Kier molecular flexibility index (Phi) is 4.36. The molecule has 0 aromatic carbocycles. The average Bonchev–Trinajstić information content (AvgIpc) is 2.00. The molecule has 12 heavy (non-hydrogen) atoms. The summed E-state index contributed by atoms with van der Waals surface area (Å²) < 4.78 is 0. The molecule has 1 N–H and O–H groups in total. The molecule has 0 unspecified atom stereocenters. The van der Waals surface area contributed by atoms with E-state index >= 15 is 0 Å². The molecule has 0 aliphatic carbocycles. The van der Waals surface area contributed by atoms with Gasteiger partial charge in [0.15, 0.2) is 0 Å². The van der Waals surface area contributed by atoms with E-state index in [-0.39, 0.29) is 5.57 Å². The SMILES string of the molecule is C=C(C)C(=O)ONC(=O)N=CC. The molecule has 2 amide bonds. The van der Waals surface area contributed by atoms with Crippen molar-refractivity contribution in [2.75, 3.05) is 0 Å². The molecule has 0 heterocycles. The Morgan fingerprint density at radius 1 is 1.58 bits per heavy atom. The maximum Gasteiger partial charge on any atom is 0.373 e. The van der Waals surface area contributed by atoms with Crippen LogP contribution in [0.25, 0.3) is 0 Å². The van der Waals surface area contributed by atoms with Gasteiger partial charge in [-0.25, -0.2) is 14.6 Å². The summed E-state index contributed by atoms with van der Waals surface area (Å²) in [4.78, 5) is 28.8. The second kappa shape index (κ2) is 5.06. The second-order valence-corrected chi connectivity index (χ2v) is 1.96. The Hall–Kier alpha value is -1.65. The maximum atomic E-state index is 10.7. The standard InChI is InChI=1S/C7H10N2O3/c1-4-8-7(11)9-12-6(10)5(2)3/h4H,2H2,1,3H3,(H,9,11). The number of hydrogen-bond acceptors (Lipinski definition) is 3. The predicted octanol–water partition coefficient (Wildman–Crippen LogP) is 0.821. The quantitative estimate of drug-likeness (QED) is 0.360. The molecule has 0 aromatic heterocycles. The highest BCUT2D eigenvalue weighted by Gasteiger charge is 2.04. The van der Waals surface area contributed by atoms with E-state index < -0.39 is 12.0 Å². The van der Waals surface area contributed by atoms with E-state index in [1.54, 1.807) is 6.92 Å². The van der Waals surface area contributed by atoms with Crippen molar-refractivity contribution in [3.05, 3.63) is 12.2 Å². The molecular weight excluding hydrogens is 160 g/mol. The Morgan fingerprint density at radius 3 is 2.58 bits per heavy atom. The number of aliphatic imine (C=N–C) groups is 1. The van der Waals surface area contributed by atoms with Crippen molar-refractivity contribution >= 4 is 18.2 Å². The van der Waals surface area contributed by atoms with Gasteiger partial charge >= 0.3 is 12.0 Å². The van der Waals surface area contributed by atoms with E-state index in [0.717, 1.165) is 0 Å². The number of rotatable bonds is 1. The van der Waals surface area contributed by atoms with Crippen LogP contribution in [0.3, 0.4) is 0 Å². The van der Waals surface area contributed by atoms with E-state index in [1.807, 2.05) is 5.48 Å². The van der Waals surface area contributed by atoms with Gasteiger partial charge in [0.2, 0.25) is 0 Å². The molecule has 0 atom stereocenters. The molecule has 0 aromatic rings. The monoisotopic (exact) mass is 170 g/mol.